The van der Waals surface area contributed by atoms with Crippen LogP contribution in [0.5, 0.6) is 5.75 Å². The van der Waals surface area contributed by atoms with Crippen LogP contribution in [0.15, 0.2) is 60.8 Å². The van der Waals surface area contributed by atoms with Gasteiger partial charge in [0.15, 0.2) is 6.10 Å². The monoisotopic (exact) mass is 421 g/mol. The first-order valence-electron chi connectivity index (χ1n) is 10.3. The van der Waals surface area contributed by atoms with Crippen LogP contribution in [0.4, 0.5) is 4.39 Å². The molecule has 1 saturated heterocycles. The molecule has 2 aromatic carbocycles. The number of halogens is 1. The molecule has 6 nitrogen and oxygen atoms in total. The number of piperazine rings is 1. The van der Waals surface area contributed by atoms with E-state index in [0.717, 1.165) is 10.9 Å². The topological polar surface area (TPSA) is 62.7 Å². The first-order chi connectivity index (χ1) is 14.9. The molecule has 3 aromatic rings. The molecule has 0 bridgehead atoms. The summed E-state index contributed by atoms with van der Waals surface area (Å²) >= 11 is 0. The van der Waals surface area contributed by atoms with Crippen molar-refractivity contribution >= 4 is 22.7 Å². The number of nitrogens with zero attached hydrogens (tertiary/aromatic N) is 3. The van der Waals surface area contributed by atoms with E-state index in [9.17, 15) is 14.0 Å². The van der Waals surface area contributed by atoms with E-state index < -0.39 is 6.10 Å². The minimum atomic E-state index is -0.674. The van der Waals surface area contributed by atoms with Crippen molar-refractivity contribution in [1.29, 1.82) is 0 Å². The van der Waals surface area contributed by atoms with Crippen LogP contribution in [0, 0.1) is 5.82 Å². The molecule has 0 spiro atoms. The summed E-state index contributed by atoms with van der Waals surface area (Å²) < 4.78 is 19.1. The lowest BCUT2D eigenvalue weighted by molar-refractivity contribution is -0.142. The van der Waals surface area contributed by atoms with Gasteiger partial charge in [-0.2, -0.15) is 0 Å². The van der Waals surface area contributed by atoms with E-state index in [2.05, 4.69) is 4.98 Å². The third-order valence-corrected chi connectivity index (χ3v) is 5.55. The number of hydrogen-bond donors (Lipinski definition) is 0. The molecule has 0 aliphatic carbocycles. The van der Waals surface area contributed by atoms with Gasteiger partial charge in [0.05, 0.1) is 5.52 Å². The molecule has 1 fully saturated rings. The van der Waals surface area contributed by atoms with Crippen molar-refractivity contribution in [3.63, 3.8) is 0 Å². The van der Waals surface area contributed by atoms with Gasteiger partial charge in [-0.25, -0.2) is 4.39 Å². The second kappa shape index (κ2) is 8.71. The van der Waals surface area contributed by atoms with E-state index in [1.807, 2.05) is 37.3 Å². The summed E-state index contributed by atoms with van der Waals surface area (Å²) in [5, 5.41) is 0.854. The number of pyridine rings is 1. The van der Waals surface area contributed by atoms with E-state index in [4.69, 9.17) is 4.74 Å². The van der Waals surface area contributed by atoms with Crippen molar-refractivity contribution in [2.75, 3.05) is 19.6 Å². The van der Waals surface area contributed by atoms with Crippen molar-refractivity contribution in [3.05, 3.63) is 72.2 Å². The number of amides is 2. The first-order valence-corrected chi connectivity index (χ1v) is 10.3. The van der Waals surface area contributed by atoms with Crippen LogP contribution in [-0.4, -0.2) is 58.4 Å². The number of carbonyl (C=O) groups excluding carboxylic acids is 2. The Hall–Kier alpha value is -3.48. The number of rotatable bonds is 4. The summed E-state index contributed by atoms with van der Waals surface area (Å²) in [5.41, 5.74) is 1.25. The summed E-state index contributed by atoms with van der Waals surface area (Å²) in [4.78, 5) is 33.5. The Bertz CT molecular complexity index is 1100. The fourth-order valence-corrected chi connectivity index (χ4v) is 3.90. The lowest BCUT2D eigenvalue weighted by Crippen LogP contribution is -2.57. The Balaban J connectivity index is 1.41. The molecule has 4 rings (SSSR count). The highest BCUT2D eigenvalue weighted by Crippen LogP contribution is 2.25. The average Bonchev–Trinajstić information content (AvgIpc) is 2.79. The fourth-order valence-electron chi connectivity index (χ4n) is 3.90. The van der Waals surface area contributed by atoms with Crippen molar-refractivity contribution in [2.45, 2.75) is 26.0 Å². The highest BCUT2D eigenvalue weighted by atomic mass is 19.1. The smallest absolute Gasteiger partial charge is 0.263 e. The summed E-state index contributed by atoms with van der Waals surface area (Å²) in [6.45, 7) is 4.89. The molecular formula is C24H24FN3O3. The Kier molecular flexibility index (Phi) is 5.84. The third kappa shape index (κ3) is 4.35. The zero-order valence-electron chi connectivity index (χ0n) is 17.5. The van der Waals surface area contributed by atoms with Gasteiger partial charge < -0.3 is 14.5 Å². The lowest BCUT2D eigenvalue weighted by Gasteiger charge is -2.40. The van der Waals surface area contributed by atoms with Crippen LogP contribution < -0.4 is 4.74 Å². The standard InChI is InChI=1S/C24H24FN3O3/c1-16-15-27(24(30)18-8-10-19(25)11-9-18)13-14-28(16)23(29)17(2)31-22-7-3-6-21-20(22)5-4-12-26-21/h3-12,16-17H,13-15H2,1-2H3/t16-,17+/m1/s1. The SMILES string of the molecule is C[C@H](Oc1cccc2ncccc12)C(=O)N1CCN(C(=O)c2ccc(F)cc2)C[C@H]1C. The maximum Gasteiger partial charge on any atom is 0.263 e. The van der Waals surface area contributed by atoms with Gasteiger partial charge in [0.25, 0.3) is 11.8 Å². The molecular weight excluding hydrogens is 397 g/mol. The molecule has 0 saturated carbocycles. The lowest BCUT2D eigenvalue weighted by atomic mass is 10.1. The van der Waals surface area contributed by atoms with Gasteiger partial charge in [-0.05, 0) is 62.4 Å². The van der Waals surface area contributed by atoms with Crippen LogP contribution in [0.1, 0.15) is 24.2 Å². The molecule has 0 radical (unpaired) electrons. The van der Waals surface area contributed by atoms with Crippen LogP contribution in [0.3, 0.4) is 0 Å². The highest BCUT2D eigenvalue weighted by molar-refractivity contribution is 5.94. The Morgan fingerprint density at radius 1 is 1.10 bits per heavy atom. The minimum Gasteiger partial charge on any atom is -0.480 e. The maximum atomic E-state index is 13.1. The van der Waals surface area contributed by atoms with Crippen molar-refractivity contribution in [3.8, 4) is 5.75 Å². The Morgan fingerprint density at radius 3 is 2.61 bits per heavy atom. The van der Waals surface area contributed by atoms with Gasteiger partial charge in [-0.1, -0.05) is 6.07 Å². The van der Waals surface area contributed by atoms with E-state index in [1.54, 1.807) is 22.9 Å². The second-order valence-corrected chi connectivity index (χ2v) is 7.73. The molecule has 1 aliphatic rings. The zero-order chi connectivity index (χ0) is 22.0. The van der Waals surface area contributed by atoms with Crippen LogP contribution in [0.2, 0.25) is 0 Å². The van der Waals surface area contributed by atoms with Gasteiger partial charge >= 0.3 is 0 Å². The highest BCUT2D eigenvalue weighted by Gasteiger charge is 2.33. The predicted molar refractivity (Wildman–Crippen MR) is 115 cm³/mol. The molecule has 7 heteroatoms. The van der Waals surface area contributed by atoms with Crippen LogP contribution in [-0.2, 0) is 4.79 Å². The molecule has 160 valence electrons. The number of carbonyl (C=O) groups is 2. The normalized spacial score (nSPS) is 17.5. The maximum absolute atomic E-state index is 13.1. The van der Waals surface area contributed by atoms with Crippen molar-refractivity contribution in [1.82, 2.24) is 14.8 Å². The fraction of sp³-hybridized carbons (Fsp3) is 0.292. The molecule has 0 unspecified atom stereocenters. The van der Waals surface area contributed by atoms with Crippen LogP contribution in [0.25, 0.3) is 10.9 Å². The van der Waals surface area contributed by atoms with Crippen LogP contribution >= 0.6 is 0 Å². The molecule has 1 aliphatic heterocycles. The van der Waals surface area contributed by atoms with E-state index in [-0.39, 0.29) is 23.7 Å². The summed E-state index contributed by atoms with van der Waals surface area (Å²) in [7, 11) is 0. The Morgan fingerprint density at radius 2 is 1.87 bits per heavy atom. The largest absolute Gasteiger partial charge is 0.480 e. The number of hydrogen-bond acceptors (Lipinski definition) is 4. The number of ether oxygens (including phenoxy) is 1. The quantitative estimate of drug-likeness (QED) is 0.647. The van der Waals surface area contributed by atoms with Gasteiger partial charge in [-0.15, -0.1) is 0 Å². The molecule has 2 atom stereocenters. The van der Waals surface area contributed by atoms with Crippen molar-refractivity contribution < 1.29 is 18.7 Å². The molecule has 31 heavy (non-hydrogen) atoms. The third-order valence-electron chi connectivity index (χ3n) is 5.55. The summed E-state index contributed by atoms with van der Waals surface area (Å²) in [6.07, 6.45) is 1.04. The Labute approximate surface area is 180 Å². The minimum absolute atomic E-state index is 0.123. The summed E-state index contributed by atoms with van der Waals surface area (Å²) in [5.74, 6) is -0.0469. The van der Waals surface area contributed by atoms with E-state index in [1.165, 1.54) is 24.3 Å². The predicted octanol–water partition coefficient (Wildman–Crippen LogP) is 3.51. The average molecular weight is 421 g/mol. The van der Waals surface area contributed by atoms with E-state index >= 15 is 0 Å². The summed E-state index contributed by atoms with van der Waals surface area (Å²) in [6, 6.07) is 14.7. The number of fused-ring (bicyclic) bond motifs is 1. The van der Waals surface area contributed by atoms with Gasteiger partial charge in [-0.3, -0.25) is 14.6 Å². The number of aromatic nitrogens is 1. The molecule has 2 heterocycles. The molecule has 2 amide bonds. The van der Waals surface area contributed by atoms with Gasteiger partial charge in [0.1, 0.15) is 11.6 Å². The second-order valence-electron chi connectivity index (χ2n) is 7.73. The molecule has 1 aromatic heterocycles. The zero-order valence-corrected chi connectivity index (χ0v) is 17.5. The first kappa shape index (κ1) is 20.8. The van der Waals surface area contributed by atoms with Gasteiger partial charge in [0, 0.05) is 42.8 Å². The molecule has 0 N–H and O–H groups in total. The van der Waals surface area contributed by atoms with E-state index in [0.29, 0.717) is 30.9 Å². The van der Waals surface area contributed by atoms with Crippen molar-refractivity contribution in [2.24, 2.45) is 0 Å². The van der Waals surface area contributed by atoms with Gasteiger partial charge in [0.2, 0.25) is 0 Å². The number of benzene rings is 2.